The maximum absolute atomic E-state index is 12.6. The molecule has 2 atom stereocenters. The molecule has 31 heavy (non-hydrogen) atoms. The summed E-state index contributed by atoms with van der Waals surface area (Å²) in [7, 11) is 0. The van der Waals surface area contributed by atoms with Crippen LogP contribution in [-0.4, -0.2) is 24.3 Å². The first kappa shape index (κ1) is 21.0. The van der Waals surface area contributed by atoms with Gasteiger partial charge in [0.2, 0.25) is 0 Å². The molecule has 0 saturated carbocycles. The molecule has 1 heterocycles. The molecule has 4 rings (SSSR count). The Morgan fingerprint density at radius 2 is 1.84 bits per heavy atom. The lowest BCUT2D eigenvalue weighted by Gasteiger charge is -2.11. The van der Waals surface area contributed by atoms with Crippen LogP contribution in [-0.2, 0) is 4.79 Å². The minimum atomic E-state index is -0.353. The molecule has 3 aromatic rings. The van der Waals surface area contributed by atoms with Gasteiger partial charge in [-0.1, -0.05) is 55.5 Å². The van der Waals surface area contributed by atoms with Crippen LogP contribution in [0.5, 0.6) is 5.75 Å². The number of rotatable bonds is 7. The lowest BCUT2D eigenvalue weighted by Crippen LogP contribution is -2.41. The van der Waals surface area contributed by atoms with E-state index in [0.717, 1.165) is 34.4 Å². The van der Waals surface area contributed by atoms with Gasteiger partial charge in [-0.05, 0) is 59.9 Å². The molecule has 1 aliphatic rings. The number of hydrogen-bond acceptors (Lipinski definition) is 5. The quantitative estimate of drug-likeness (QED) is 0.401. The molecule has 160 valence electrons. The summed E-state index contributed by atoms with van der Waals surface area (Å²) in [6.45, 7) is 4.70. The van der Waals surface area contributed by atoms with E-state index < -0.39 is 0 Å². The van der Waals surface area contributed by atoms with Crippen LogP contribution in [0, 0.1) is 0 Å². The second-order valence-corrected chi connectivity index (χ2v) is 7.78. The van der Waals surface area contributed by atoms with E-state index in [4.69, 9.17) is 4.74 Å². The molecule has 0 aliphatic carbocycles. The summed E-state index contributed by atoms with van der Waals surface area (Å²) >= 11 is 0. The Kier molecular flexibility index (Phi) is 6.60. The number of fused-ring (bicyclic) bond motifs is 1. The first-order chi connectivity index (χ1) is 15.1. The van der Waals surface area contributed by atoms with Crippen LogP contribution in [0.15, 0.2) is 71.8 Å². The number of nitrogens with zero attached hydrogens (tertiary/aromatic N) is 1. The van der Waals surface area contributed by atoms with Gasteiger partial charge < -0.3 is 4.74 Å². The normalized spacial score (nSPS) is 18.8. The number of hydrazone groups is 1. The number of carbonyl (C=O) groups is 1. The molecule has 2 unspecified atom stereocenters. The minimum absolute atomic E-state index is 0.0570. The summed E-state index contributed by atoms with van der Waals surface area (Å²) in [5, 5.41) is 6.65. The van der Waals surface area contributed by atoms with E-state index >= 15 is 0 Å². The van der Waals surface area contributed by atoms with Crippen LogP contribution in [0.2, 0.25) is 0 Å². The first-order valence-electron chi connectivity index (χ1n) is 10.7. The number of carbonyl (C=O) groups excluding carboxylic acids is 1. The van der Waals surface area contributed by atoms with Gasteiger partial charge in [0.1, 0.15) is 11.8 Å². The number of hydrogen-bond donors (Lipinski definition) is 3. The molecule has 1 saturated heterocycles. The van der Waals surface area contributed by atoms with Crippen molar-refractivity contribution in [1.29, 1.82) is 0 Å². The van der Waals surface area contributed by atoms with Crippen molar-refractivity contribution in [3.63, 3.8) is 0 Å². The largest absolute Gasteiger partial charge is 0.494 e. The Balaban J connectivity index is 1.34. The molecule has 3 N–H and O–H groups in total. The Bertz CT molecular complexity index is 1080. The third-order valence-electron chi connectivity index (χ3n) is 5.48. The highest BCUT2D eigenvalue weighted by atomic mass is 16.5. The van der Waals surface area contributed by atoms with E-state index in [0.29, 0.717) is 13.0 Å². The monoisotopic (exact) mass is 416 g/mol. The summed E-state index contributed by atoms with van der Waals surface area (Å²) in [6.07, 6.45) is 1.63. The average Bonchev–Trinajstić information content (AvgIpc) is 3.31. The molecule has 6 nitrogen and oxygen atoms in total. The van der Waals surface area contributed by atoms with E-state index in [-0.39, 0.29) is 18.0 Å². The summed E-state index contributed by atoms with van der Waals surface area (Å²) in [4.78, 5) is 12.6. The van der Waals surface area contributed by atoms with Crippen molar-refractivity contribution in [1.82, 2.24) is 16.3 Å². The highest BCUT2D eigenvalue weighted by Gasteiger charge is 2.30. The molecule has 0 aromatic heterocycles. The highest BCUT2D eigenvalue weighted by Crippen LogP contribution is 2.24. The van der Waals surface area contributed by atoms with E-state index in [2.05, 4.69) is 52.6 Å². The molecule has 0 radical (unpaired) electrons. The van der Waals surface area contributed by atoms with E-state index in [9.17, 15) is 4.79 Å². The second kappa shape index (κ2) is 9.73. The third kappa shape index (κ3) is 5.10. The van der Waals surface area contributed by atoms with Gasteiger partial charge >= 0.3 is 0 Å². The summed E-state index contributed by atoms with van der Waals surface area (Å²) in [5.41, 5.74) is 11.9. The summed E-state index contributed by atoms with van der Waals surface area (Å²) in [6, 6.07) is 22.1. The van der Waals surface area contributed by atoms with Crippen molar-refractivity contribution < 1.29 is 9.53 Å². The average molecular weight is 417 g/mol. The molecular weight excluding hydrogens is 388 g/mol. The number of ether oxygens (including phenoxy) is 1. The van der Waals surface area contributed by atoms with Crippen molar-refractivity contribution in [2.75, 3.05) is 6.61 Å². The SMILES string of the molecule is CCCOc1ccc(C2CC(C(=O)N/N=C(\C)c3ccc4ccccc4c3)NN2)cc1. The van der Waals surface area contributed by atoms with Gasteiger partial charge in [-0.3, -0.25) is 4.79 Å². The van der Waals surface area contributed by atoms with Crippen LogP contribution in [0.4, 0.5) is 0 Å². The zero-order valence-corrected chi connectivity index (χ0v) is 17.9. The third-order valence-corrected chi connectivity index (χ3v) is 5.48. The fourth-order valence-corrected chi connectivity index (χ4v) is 3.66. The van der Waals surface area contributed by atoms with E-state index in [1.54, 1.807) is 0 Å². The van der Waals surface area contributed by atoms with Crippen molar-refractivity contribution in [2.45, 2.75) is 38.8 Å². The van der Waals surface area contributed by atoms with E-state index in [1.165, 1.54) is 5.39 Å². The van der Waals surface area contributed by atoms with Crippen molar-refractivity contribution in [3.8, 4) is 5.75 Å². The Morgan fingerprint density at radius 3 is 2.61 bits per heavy atom. The number of benzene rings is 3. The van der Waals surface area contributed by atoms with Gasteiger partial charge in [-0.2, -0.15) is 5.10 Å². The zero-order chi connectivity index (χ0) is 21.6. The predicted molar refractivity (Wildman–Crippen MR) is 124 cm³/mol. The molecule has 1 amide bonds. The zero-order valence-electron chi connectivity index (χ0n) is 17.9. The maximum atomic E-state index is 12.6. The highest BCUT2D eigenvalue weighted by molar-refractivity contribution is 6.02. The van der Waals surface area contributed by atoms with Gasteiger partial charge in [-0.15, -0.1) is 0 Å². The van der Waals surface area contributed by atoms with Gasteiger partial charge in [0.15, 0.2) is 0 Å². The van der Waals surface area contributed by atoms with Crippen LogP contribution < -0.4 is 21.0 Å². The number of hydrazine groups is 1. The Labute approximate surface area is 182 Å². The lowest BCUT2D eigenvalue weighted by molar-refractivity contribution is -0.122. The molecule has 0 bridgehead atoms. The smallest absolute Gasteiger partial charge is 0.258 e. The summed E-state index contributed by atoms with van der Waals surface area (Å²) in [5.74, 6) is 0.711. The maximum Gasteiger partial charge on any atom is 0.258 e. The molecular formula is C25H28N4O2. The van der Waals surface area contributed by atoms with E-state index in [1.807, 2.05) is 49.4 Å². The topological polar surface area (TPSA) is 74.8 Å². The lowest BCUT2D eigenvalue weighted by atomic mass is 10.0. The van der Waals surface area contributed by atoms with Gasteiger partial charge in [-0.25, -0.2) is 16.3 Å². The predicted octanol–water partition coefficient (Wildman–Crippen LogP) is 4.08. The molecule has 0 spiro atoms. The van der Waals surface area contributed by atoms with Gasteiger partial charge in [0.25, 0.3) is 5.91 Å². The Hall–Kier alpha value is -3.22. The van der Waals surface area contributed by atoms with Crippen LogP contribution in [0.3, 0.4) is 0 Å². The van der Waals surface area contributed by atoms with Crippen LogP contribution in [0.25, 0.3) is 10.8 Å². The number of nitrogens with one attached hydrogen (secondary N) is 3. The molecule has 6 heteroatoms. The van der Waals surface area contributed by atoms with Crippen LogP contribution in [0.1, 0.15) is 43.9 Å². The minimum Gasteiger partial charge on any atom is -0.494 e. The molecule has 1 fully saturated rings. The van der Waals surface area contributed by atoms with Crippen LogP contribution >= 0.6 is 0 Å². The van der Waals surface area contributed by atoms with Gasteiger partial charge in [0, 0.05) is 6.04 Å². The first-order valence-corrected chi connectivity index (χ1v) is 10.7. The standard InChI is InChI=1S/C25H28N4O2/c1-3-14-31-22-12-10-19(11-13-22)23-16-24(28-27-23)25(30)29-26-17(2)20-9-8-18-6-4-5-7-21(18)15-20/h4-13,15,23-24,27-28H,3,14,16H2,1-2H3,(H,29,30)/b26-17+. The van der Waals surface area contributed by atoms with Crippen molar-refractivity contribution >= 4 is 22.4 Å². The number of amides is 1. The summed E-state index contributed by atoms with van der Waals surface area (Å²) < 4.78 is 5.63. The second-order valence-electron chi connectivity index (χ2n) is 7.78. The molecule has 1 aliphatic heterocycles. The van der Waals surface area contributed by atoms with Crippen molar-refractivity contribution in [3.05, 3.63) is 77.9 Å². The van der Waals surface area contributed by atoms with Gasteiger partial charge in [0.05, 0.1) is 12.3 Å². The fourth-order valence-electron chi connectivity index (χ4n) is 3.66. The molecule has 3 aromatic carbocycles. The van der Waals surface area contributed by atoms with Crippen molar-refractivity contribution in [2.24, 2.45) is 5.10 Å². The Morgan fingerprint density at radius 1 is 1.06 bits per heavy atom. The fraction of sp³-hybridized carbons (Fsp3) is 0.280.